The van der Waals surface area contributed by atoms with E-state index in [-0.39, 0.29) is 5.78 Å². The highest BCUT2D eigenvalue weighted by atomic mass is 16.5. The number of hydrogen-bond acceptors (Lipinski definition) is 3. The fourth-order valence-electron chi connectivity index (χ4n) is 2.34. The van der Waals surface area contributed by atoms with Crippen molar-refractivity contribution in [2.24, 2.45) is 11.1 Å². The van der Waals surface area contributed by atoms with Crippen LogP contribution in [0.3, 0.4) is 0 Å². The van der Waals surface area contributed by atoms with Crippen molar-refractivity contribution in [1.82, 2.24) is 4.98 Å². The van der Waals surface area contributed by atoms with Crippen LogP contribution in [0.25, 0.3) is 10.9 Å². The third-order valence-corrected chi connectivity index (χ3v) is 3.49. The van der Waals surface area contributed by atoms with Crippen LogP contribution >= 0.6 is 0 Å². The third kappa shape index (κ3) is 2.85. The molecule has 108 valence electrons. The van der Waals surface area contributed by atoms with E-state index in [4.69, 9.17) is 10.5 Å². The van der Waals surface area contributed by atoms with Crippen molar-refractivity contribution in [3.8, 4) is 5.75 Å². The van der Waals surface area contributed by atoms with E-state index < -0.39 is 11.5 Å². The predicted octanol–water partition coefficient (Wildman–Crippen LogP) is 2.66. The summed E-state index contributed by atoms with van der Waals surface area (Å²) in [6.07, 6.45) is 2.45. The van der Waals surface area contributed by atoms with Crippen LogP contribution in [0.1, 0.15) is 26.3 Å². The van der Waals surface area contributed by atoms with Gasteiger partial charge in [-0.2, -0.15) is 0 Å². The SMILES string of the molecule is COc1ccc2[nH]cc(CC(N)C(=O)C(C)(C)C)c2c1. The van der Waals surface area contributed by atoms with Gasteiger partial charge in [-0.15, -0.1) is 0 Å². The molecule has 0 spiro atoms. The lowest BCUT2D eigenvalue weighted by molar-refractivity contribution is -0.127. The maximum absolute atomic E-state index is 12.2. The summed E-state index contributed by atoms with van der Waals surface area (Å²) in [4.78, 5) is 15.4. The minimum absolute atomic E-state index is 0.0785. The Bertz CT molecular complexity index is 623. The lowest BCUT2D eigenvalue weighted by atomic mass is 9.84. The Hall–Kier alpha value is -1.81. The summed E-state index contributed by atoms with van der Waals surface area (Å²) in [5.74, 6) is 0.879. The molecule has 20 heavy (non-hydrogen) atoms. The first kappa shape index (κ1) is 14.6. The zero-order chi connectivity index (χ0) is 14.9. The predicted molar refractivity (Wildman–Crippen MR) is 81.0 cm³/mol. The molecular weight excluding hydrogens is 252 g/mol. The first-order chi connectivity index (χ1) is 9.32. The molecule has 2 aromatic rings. The van der Waals surface area contributed by atoms with Crippen molar-refractivity contribution < 1.29 is 9.53 Å². The molecule has 0 fully saturated rings. The van der Waals surface area contributed by atoms with Crippen molar-refractivity contribution in [3.63, 3.8) is 0 Å². The van der Waals surface area contributed by atoms with E-state index in [9.17, 15) is 4.79 Å². The van der Waals surface area contributed by atoms with Gasteiger partial charge < -0.3 is 15.5 Å². The number of H-pyrrole nitrogens is 1. The molecule has 0 bridgehead atoms. The van der Waals surface area contributed by atoms with Gasteiger partial charge in [0, 0.05) is 22.5 Å². The molecule has 1 aromatic heterocycles. The summed E-state index contributed by atoms with van der Waals surface area (Å²) in [6, 6.07) is 5.35. The summed E-state index contributed by atoms with van der Waals surface area (Å²) in [6.45, 7) is 5.69. The largest absolute Gasteiger partial charge is 0.497 e. The van der Waals surface area contributed by atoms with Crippen molar-refractivity contribution in [3.05, 3.63) is 30.0 Å². The number of aromatic amines is 1. The van der Waals surface area contributed by atoms with E-state index in [1.54, 1.807) is 7.11 Å². The van der Waals surface area contributed by atoms with Gasteiger partial charge in [0.15, 0.2) is 5.78 Å². The number of rotatable bonds is 4. The number of methoxy groups -OCH3 is 1. The smallest absolute Gasteiger partial charge is 0.155 e. The minimum Gasteiger partial charge on any atom is -0.497 e. The van der Waals surface area contributed by atoms with Crippen LogP contribution in [0.15, 0.2) is 24.4 Å². The number of fused-ring (bicyclic) bond motifs is 1. The summed E-state index contributed by atoms with van der Waals surface area (Å²) >= 11 is 0. The quantitative estimate of drug-likeness (QED) is 0.900. The number of carbonyl (C=O) groups excluding carboxylic acids is 1. The van der Waals surface area contributed by atoms with Gasteiger partial charge in [-0.1, -0.05) is 20.8 Å². The highest BCUT2D eigenvalue weighted by molar-refractivity contribution is 5.90. The maximum atomic E-state index is 12.2. The maximum Gasteiger partial charge on any atom is 0.155 e. The lowest BCUT2D eigenvalue weighted by Gasteiger charge is -2.21. The van der Waals surface area contributed by atoms with Crippen molar-refractivity contribution in [2.75, 3.05) is 7.11 Å². The average molecular weight is 274 g/mol. The number of nitrogens with one attached hydrogen (secondary N) is 1. The molecule has 3 N–H and O–H groups in total. The Morgan fingerprint density at radius 3 is 2.70 bits per heavy atom. The number of benzene rings is 1. The standard InChI is InChI=1S/C16H22N2O2/c1-16(2,3)15(19)13(17)7-10-9-18-14-6-5-11(20-4)8-12(10)14/h5-6,8-9,13,18H,7,17H2,1-4H3. The van der Waals surface area contributed by atoms with Crippen molar-refractivity contribution in [2.45, 2.75) is 33.2 Å². The van der Waals surface area contributed by atoms with Crippen LogP contribution in [-0.2, 0) is 11.2 Å². The molecule has 0 aliphatic carbocycles. The number of hydrogen-bond donors (Lipinski definition) is 2. The number of ketones is 1. The van der Waals surface area contributed by atoms with E-state index in [2.05, 4.69) is 4.98 Å². The minimum atomic E-state index is -0.486. The Morgan fingerprint density at radius 2 is 2.10 bits per heavy atom. The summed E-state index contributed by atoms with van der Waals surface area (Å²) in [7, 11) is 1.64. The zero-order valence-corrected chi connectivity index (χ0v) is 12.5. The van der Waals surface area contributed by atoms with Crippen LogP contribution in [0, 0.1) is 5.41 Å². The normalized spacial score (nSPS) is 13.4. The Kier molecular flexibility index (Phi) is 3.86. The molecule has 1 atom stereocenters. The van der Waals surface area contributed by atoms with Gasteiger partial charge in [0.2, 0.25) is 0 Å². The molecule has 0 aliphatic heterocycles. The molecule has 1 heterocycles. The van der Waals surface area contributed by atoms with Crippen molar-refractivity contribution >= 4 is 16.7 Å². The van der Waals surface area contributed by atoms with Gasteiger partial charge >= 0.3 is 0 Å². The highest BCUT2D eigenvalue weighted by Crippen LogP contribution is 2.25. The molecule has 0 saturated carbocycles. The first-order valence-electron chi connectivity index (χ1n) is 6.77. The topological polar surface area (TPSA) is 68.1 Å². The monoisotopic (exact) mass is 274 g/mol. The molecule has 1 unspecified atom stereocenters. The molecule has 1 aromatic carbocycles. The Labute approximate surface area is 119 Å². The molecule has 0 radical (unpaired) electrons. The van der Waals surface area contributed by atoms with E-state index in [1.165, 1.54) is 0 Å². The second-order valence-corrected chi connectivity index (χ2v) is 6.15. The van der Waals surface area contributed by atoms with Crippen LogP contribution in [0.5, 0.6) is 5.75 Å². The zero-order valence-electron chi connectivity index (χ0n) is 12.5. The first-order valence-corrected chi connectivity index (χ1v) is 6.77. The number of aromatic nitrogens is 1. The number of carbonyl (C=O) groups is 1. The summed E-state index contributed by atoms with van der Waals surface area (Å²) < 4.78 is 5.24. The number of nitrogens with two attached hydrogens (primary N) is 1. The molecule has 0 saturated heterocycles. The summed E-state index contributed by atoms with van der Waals surface area (Å²) in [5.41, 5.74) is 7.72. The van der Waals surface area contributed by atoms with Gasteiger partial charge in [0.05, 0.1) is 13.2 Å². The lowest BCUT2D eigenvalue weighted by Crippen LogP contribution is -2.40. The van der Waals surface area contributed by atoms with Gasteiger partial charge in [-0.05, 0) is 30.2 Å². The number of Topliss-reactive ketones (excluding diaryl/α,β-unsaturated/α-hetero) is 1. The second-order valence-electron chi connectivity index (χ2n) is 6.15. The van der Waals surface area contributed by atoms with Gasteiger partial charge in [0.1, 0.15) is 5.75 Å². The van der Waals surface area contributed by atoms with E-state index in [1.807, 2.05) is 45.2 Å². The fourth-order valence-corrected chi connectivity index (χ4v) is 2.34. The Morgan fingerprint density at radius 1 is 1.40 bits per heavy atom. The summed E-state index contributed by atoms with van der Waals surface area (Å²) in [5, 5.41) is 1.06. The third-order valence-electron chi connectivity index (χ3n) is 3.49. The van der Waals surface area contributed by atoms with Gasteiger partial charge in [-0.3, -0.25) is 4.79 Å². The molecule has 4 heteroatoms. The van der Waals surface area contributed by atoms with Crippen LogP contribution in [0.2, 0.25) is 0 Å². The van der Waals surface area contributed by atoms with Crippen LogP contribution < -0.4 is 10.5 Å². The van der Waals surface area contributed by atoms with Crippen molar-refractivity contribution in [1.29, 1.82) is 0 Å². The molecule has 0 aliphatic rings. The Balaban J connectivity index is 2.28. The molecule has 4 nitrogen and oxygen atoms in total. The highest BCUT2D eigenvalue weighted by Gasteiger charge is 2.27. The number of ether oxygens (including phenoxy) is 1. The molecular formula is C16H22N2O2. The van der Waals surface area contributed by atoms with E-state index in [0.717, 1.165) is 22.2 Å². The van der Waals surface area contributed by atoms with Crippen LogP contribution in [-0.4, -0.2) is 23.9 Å². The van der Waals surface area contributed by atoms with Gasteiger partial charge in [-0.25, -0.2) is 0 Å². The van der Waals surface area contributed by atoms with Crippen LogP contribution in [0.4, 0.5) is 0 Å². The van der Waals surface area contributed by atoms with E-state index >= 15 is 0 Å². The fraction of sp³-hybridized carbons (Fsp3) is 0.438. The van der Waals surface area contributed by atoms with E-state index in [0.29, 0.717) is 6.42 Å². The van der Waals surface area contributed by atoms with Gasteiger partial charge in [0.25, 0.3) is 0 Å². The average Bonchev–Trinajstić information content (AvgIpc) is 2.79. The molecule has 2 rings (SSSR count). The second kappa shape index (κ2) is 5.29. The molecule has 0 amide bonds.